The Morgan fingerprint density at radius 1 is 0.960 bits per heavy atom. The number of hydrogen-bond donors (Lipinski definition) is 0. The van der Waals surface area contributed by atoms with Gasteiger partial charge in [0.2, 0.25) is 5.91 Å². The first-order valence-corrected chi connectivity index (χ1v) is 11.2. The van der Waals surface area contributed by atoms with Crippen LogP contribution >= 0.6 is 11.9 Å². The summed E-state index contributed by atoms with van der Waals surface area (Å²) in [4.78, 5) is 12.2. The van der Waals surface area contributed by atoms with E-state index in [0.29, 0.717) is 0 Å². The number of anilines is 1. The molecule has 0 aliphatic carbocycles. The molecule has 25 heavy (non-hydrogen) atoms. The van der Waals surface area contributed by atoms with Crippen LogP contribution in [0.3, 0.4) is 0 Å². The summed E-state index contributed by atoms with van der Waals surface area (Å²) in [6.07, 6.45) is 6.48. The fourth-order valence-corrected chi connectivity index (χ4v) is 2.26. The molecule has 0 N–H and O–H groups in total. The van der Waals surface area contributed by atoms with E-state index >= 15 is 0 Å². The van der Waals surface area contributed by atoms with E-state index in [1.54, 1.807) is 4.31 Å². The summed E-state index contributed by atoms with van der Waals surface area (Å²) < 4.78 is 1.79. The maximum Gasteiger partial charge on any atom is 0.239 e. The highest BCUT2D eigenvalue weighted by Crippen LogP contribution is 2.24. The molecule has 148 valence electrons. The van der Waals surface area contributed by atoms with Gasteiger partial charge in [0.1, 0.15) is 0 Å². The van der Waals surface area contributed by atoms with Crippen molar-refractivity contribution in [2.24, 2.45) is 5.92 Å². The first-order chi connectivity index (χ1) is 12.0. The van der Waals surface area contributed by atoms with Crippen LogP contribution in [0.25, 0.3) is 0 Å². The number of carbonyl (C=O) groups excluding carboxylic acids is 1. The number of amides is 1. The Hall–Kier alpha value is -0.960. The highest BCUT2D eigenvalue weighted by Gasteiger charge is 2.19. The van der Waals surface area contributed by atoms with Crippen molar-refractivity contribution in [2.75, 3.05) is 10.6 Å². The number of nitrogens with zero attached hydrogens (tertiary/aromatic N) is 1. The van der Waals surface area contributed by atoms with E-state index in [9.17, 15) is 4.79 Å². The molecule has 0 saturated carbocycles. The predicted octanol–water partition coefficient (Wildman–Crippen LogP) is 7.76. The number of rotatable bonds is 6. The first kappa shape index (κ1) is 28.8. The summed E-state index contributed by atoms with van der Waals surface area (Å²) in [6, 6.07) is 8.22. The van der Waals surface area contributed by atoms with Crippen LogP contribution < -0.4 is 4.31 Å². The molecule has 2 nitrogen and oxygen atoms in total. The minimum Gasteiger partial charge on any atom is -0.273 e. The van der Waals surface area contributed by atoms with Crippen LogP contribution in [0.5, 0.6) is 0 Å². The molecule has 1 amide bonds. The molecule has 1 unspecified atom stereocenters. The third kappa shape index (κ3) is 13.0. The number of unbranched alkanes of at least 4 members (excludes halogenated alkanes) is 1. The van der Waals surface area contributed by atoms with Crippen LogP contribution in [-0.2, 0) is 11.2 Å². The molecule has 0 aliphatic heterocycles. The van der Waals surface area contributed by atoms with E-state index in [2.05, 4.69) is 32.9 Å². The zero-order valence-electron chi connectivity index (χ0n) is 18.5. The van der Waals surface area contributed by atoms with E-state index in [4.69, 9.17) is 0 Å². The molecule has 0 bridgehead atoms. The van der Waals surface area contributed by atoms with E-state index < -0.39 is 0 Å². The third-order valence-electron chi connectivity index (χ3n) is 3.50. The van der Waals surface area contributed by atoms with Gasteiger partial charge in [-0.1, -0.05) is 87.3 Å². The minimum absolute atomic E-state index is 0.0771. The summed E-state index contributed by atoms with van der Waals surface area (Å²) in [7, 11) is 0. The summed E-state index contributed by atoms with van der Waals surface area (Å²) >= 11 is 1.47. The molecule has 0 fully saturated rings. The Kier molecular flexibility index (Phi) is 24.3. The van der Waals surface area contributed by atoms with Crippen molar-refractivity contribution < 1.29 is 4.79 Å². The Morgan fingerprint density at radius 3 is 1.68 bits per heavy atom. The van der Waals surface area contributed by atoms with Crippen LogP contribution in [-0.4, -0.2) is 12.2 Å². The molecular weight excluding hydrogens is 326 g/mol. The van der Waals surface area contributed by atoms with Gasteiger partial charge in [0, 0.05) is 12.2 Å². The van der Waals surface area contributed by atoms with E-state index in [-0.39, 0.29) is 11.8 Å². The molecule has 0 saturated heterocycles. The number of aryl methyl sites for hydroxylation is 1. The standard InChI is InChI=1S/C14H21NOS.C4H10.2C2H6/c1-5-11(3)14(16)15(17-4)13-9-7-12(6-2)8-10-13;1-3-4-2;2*1-2/h7-11H,5-6H2,1-4H3;3-4H2,1-2H3;2*1-2H3. The van der Waals surface area contributed by atoms with Gasteiger partial charge in [0.05, 0.1) is 5.69 Å². The smallest absolute Gasteiger partial charge is 0.239 e. The molecule has 0 spiro atoms. The number of benzene rings is 1. The molecule has 0 aromatic heterocycles. The predicted molar refractivity (Wildman–Crippen MR) is 120 cm³/mol. The maximum atomic E-state index is 12.2. The highest BCUT2D eigenvalue weighted by atomic mass is 32.2. The fourth-order valence-electron chi connectivity index (χ4n) is 1.56. The van der Waals surface area contributed by atoms with E-state index in [1.807, 2.05) is 59.9 Å². The van der Waals surface area contributed by atoms with Crippen molar-refractivity contribution in [1.82, 2.24) is 0 Å². The van der Waals surface area contributed by atoms with Crippen LogP contribution in [0.1, 0.15) is 87.1 Å². The normalized spacial score (nSPS) is 10.0. The van der Waals surface area contributed by atoms with Crippen LogP contribution in [0.2, 0.25) is 0 Å². The molecule has 1 rings (SSSR count). The third-order valence-corrected chi connectivity index (χ3v) is 4.25. The Morgan fingerprint density at radius 2 is 1.40 bits per heavy atom. The Labute approximate surface area is 162 Å². The van der Waals surface area contributed by atoms with E-state index in [0.717, 1.165) is 18.5 Å². The quantitative estimate of drug-likeness (QED) is 0.477. The lowest BCUT2D eigenvalue weighted by Crippen LogP contribution is -2.28. The number of hydrogen-bond acceptors (Lipinski definition) is 2. The fraction of sp³-hybridized carbons (Fsp3) is 0.682. The van der Waals surface area contributed by atoms with Gasteiger partial charge in [-0.15, -0.1) is 0 Å². The lowest BCUT2D eigenvalue weighted by Gasteiger charge is -2.22. The van der Waals surface area contributed by atoms with Crippen LogP contribution in [0.4, 0.5) is 5.69 Å². The zero-order chi connectivity index (χ0) is 20.3. The van der Waals surface area contributed by atoms with E-state index in [1.165, 1.54) is 30.4 Å². The highest BCUT2D eigenvalue weighted by molar-refractivity contribution is 8.00. The van der Waals surface area contributed by atoms with Gasteiger partial charge in [-0.25, -0.2) is 0 Å². The van der Waals surface area contributed by atoms with Gasteiger partial charge in [-0.2, -0.15) is 0 Å². The Balaban J connectivity index is -0.000000518. The number of carbonyl (C=O) groups is 1. The molecular formula is C22H43NOS. The van der Waals surface area contributed by atoms with Crippen LogP contribution in [0, 0.1) is 5.92 Å². The van der Waals surface area contributed by atoms with Crippen LogP contribution in [0.15, 0.2) is 24.3 Å². The van der Waals surface area contributed by atoms with Crippen molar-refractivity contribution in [3.63, 3.8) is 0 Å². The van der Waals surface area contributed by atoms with Gasteiger partial charge >= 0.3 is 0 Å². The van der Waals surface area contributed by atoms with Crippen molar-refractivity contribution in [1.29, 1.82) is 0 Å². The van der Waals surface area contributed by atoms with Crippen molar-refractivity contribution in [2.45, 2.75) is 88.0 Å². The molecule has 1 atom stereocenters. The minimum atomic E-state index is 0.0771. The summed E-state index contributed by atoms with van der Waals surface area (Å²) in [5, 5.41) is 0. The SMILES string of the molecule is CC.CC.CCCC.CCc1ccc(N(SC)C(=O)C(C)CC)cc1. The second kappa shape index (κ2) is 21.1. The second-order valence-corrected chi connectivity index (χ2v) is 5.87. The largest absolute Gasteiger partial charge is 0.273 e. The van der Waals surface area contributed by atoms with Crippen molar-refractivity contribution >= 4 is 23.5 Å². The van der Waals surface area contributed by atoms with Crippen molar-refractivity contribution in [3.8, 4) is 0 Å². The zero-order valence-corrected chi connectivity index (χ0v) is 19.3. The van der Waals surface area contributed by atoms with Gasteiger partial charge in [0.15, 0.2) is 0 Å². The average molecular weight is 370 g/mol. The molecule has 3 heteroatoms. The summed E-state index contributed by atoms with van der Waals surface area (Å²) in [5.74, 6) is 0.262. The first-order valence-electron chi connectivity index (χ1n) is 10.0. The lowest BCUT2D eigenvalue weighted by atomic mass is 10.1. The summed E-state index contributed by atoms with van der Waals surface area (Å²) in [6.45, 7) is 18.5. The second-order valence-electron chi connectivity index (χ2n) is 5.14. The molecule has 1 aromatic rings. The molecule has 0 aliphatic rings. The lowest BCUT2D eigenvalue weighted by molar-refractivity contribution is -0.120. The summed E-state index contributed by atoms with van der Waals surface area (Å²) in [5.41, 5.74) is 2.27. The Bertz CT molecular complexity index is 388. The maximum absolute atomic E-state index is 12.2. The molecule has 0 radical (unpaired) electrons. The molecule has 0 heterocycles. The van der Waals surface area contributed by atoms with Gasteiger partial charge in [0.25, 0.3) is 0 Å². The van der Waals surface area contributed by atoms with Gasteiger partial charge < -0.3 is 0 Å². The van der Waals surface area contributed by atoms with Gasteiger partial charge in [-0.05, 0) is 42.5 Å². The molecule has 1 aromatic carbocycles. The average Bonchev–Trinajstić information content (AvgIpc) is 2.71. The van der Waals surface area contributed by atoms with Gasteiger partial charge in [-0.3, -0.25) is 9.10 Å². The van der Waals surface area contributed by atoms with Crippen molar-refractivity contribution in [3.05, 3.63) is 29.8 Å². The monoisotopic (exact) mass is 369 g/mol. The topological polar surface area (TPSA) is 20.3 Å².